The summed E-state index contributed by atoms with van der Waals surface area (Å²) in [5.74, 6) is -0.680. The zero-order valence-corrected chi connectivity index (χ0v) is 10.00. The lowest BCUT2D eigenvalue weighted by atomic mass is 10.2. The van der Waals surface area contributed by atoms with Crippen molar-refractivity contribution in [3.05, 3.63) is 39.7 Å². The van der Waals surface area contributed by atoms with Crippen LogP contribution in [0.2, 0.25) is 0 Å². The van der Waals surface area contributed by atoms with Crippen LogP contribution >= 0.6 is 0 Å². The molecule has 0 aromatic heterocycles. The molecule has 1 aromatic rings. The van der Waals surface area contributed by atoms with E-state index in [2.05, 4.69) is 4.99 Å². The zero-order chi connectivity index (χ0) is 13.5. The van der Waals surface area contributed by atoms with Gasteiger partial charge in [0.1, 0.15) is 5.82 Å². The number of nitro groups is 1. The Kier molecular flexibility index (Phi) is 5.34. The molecule has 0 atom stereocenters. The van der Waals surface area contributed by atoms with Crippen molar-refractivity contribution in [2.45, 2.75) is 6.29 Å². The molecule has 0 saturated heterocycles. The van der Waals surface area contributed by atoms with E-state index in [4.69, 9.17) is 9.47 Å². The van der Waals surface area contributed by atoms with Gasteiger partial charge in [0.2, 0.25) is 0 Å². The second kappa shape index (κ2) is 6.77. The minimum absolute atomic E-state index is 0.220. The SMILES string of the molecule is COC(C/N=C/c1cc(F)cc([N+](=O)[O-])c1)OC. The minimum Gasteiger partial charge on any atom is -0.354 e. The topological polar surface area (TPSA) is 74.0 Å². The van der Waals surface area contributed by atoms with E-state index < -0.39 is 17.0 Å². The van der Waals surface area contributed by atoms with Crippen LogP contribution in [0.4, 0.5) is 10.1 Å². The maximum absolute atomic E-state index is 13.1. The zero-order valence-electron chi connectivity index (χ0n) is 10.00. The molecule has 0 aliphatic carbocycles. The Labute approximate surface area is 103 Å². The van der Waals surface area contributed by atoms with Crippen molar-refractivity contribution < 1.29 is 18.8 Å². The van der Waals surface area contributed by atoms with Gasteiger partial charge in [-0.15, -0.1) is 0 Å². The Morgan fingerprint density at radius 3 is 2.67 bits per heavy atom. The molecule has 0 saturated carbocycles. The van der Waals surface area contributed by atoms with Crippen molar-refractivity contribution in [2.75, 3.05) is 20.8 Å². The predicted octanol–water partition coefficient (Wildman–Crippen LogP) is 1.77. The molecule has 6 nitrogen and oxygen atoms in total. The Hall–Kier alpha value is -1.86. The predicted molar refractivity (Wildman–Crippen MR) is 63.3 cm³/mol. The molecule has 0 unspecified atom stereocenters. The van der Waals surface area contributed by atoms with E-state index in [0.29, 0.717) is 5.56 Å². The second-order valence-corrected chi connectivity index (χ2v) is 3.40. The first-order valence-corrected chi connectivity index (χ1v) is 5.07. The van der Waals surface area contributed by atoms with Crippen molar-refractivity contribution in [2.24, 2.45) is 4.99 Å². The fraction of sp³-hybridized carbons (Fsp3) is 0.364. The third-order valence-corrected chi connectivity index (χ3v) is 2.14. The van der Waals surface area contributed by atoms with Crippen molar-refractivity contribution in [1.82, 2.24) is 0 Å². The van der Waals surface area contributed by atoms with Gasteiger partial charge in [-0.2, -0.15) is 0 Å². The van der Waals surface area contributed by atoms with Crippen molar-refractivity contribution in [3.63, 3.8) is 0 Å². The van der Waals surface area contributed by atoms with Gasteiger partial charge >= 0.3 is 0 Å². The lowest BCUT2D eigenvalue weighted by Gasteiger charge is -2.09. The molecule has 1 aromatic carbocycles. The summed E-state index contributed by atoms with van der Waals surface area (Å²) in [5.41, 5.74) is -0.000797. The number of nitro benzene ring substituents is 1. The quantitative estimate of drug-likeness (QED) is 0.336. The summed E-state index contributed by atoms with van der Waals surface area (Å²) in [6, 6.07) is 3.25. The first-order valence-electron chi connectivity index (χ1n) is 5.07. The lowest BCUT2D eigenvalue weighted by molar-refractivity contribution is -0.385. The molecule has 98 valence electrons. The van der Waals surface area contributed by atoms with Crippen molar-refractivity contribution >= 4 is 11.9 Å². The summed E-state index contributed by atoms with van der Waals surface area (Å²) in [4.78, 5) is 13.8. The van der Waals surface area contributed by atoms with E-state index in [1.54, 1.807) is 0 Å². The third kappa shape index (κ3) is 4.19. The van der Waals surface area contributed by atoms with Crippen LogP contribution in [0.1, 0.15) is 5.56 Å². The highest BCUT2D eigenvalue weighted by Gasteiger charge is 2.08. The first kappa shape index (κ1) is 14.2. The van der Waals surface area contributed by atoms with Crippen molar-refractivity contribution in [3.8, 4) is 0 Å². The molecule has 0 heterocycles. The van der Waals surface area contributed by atoms with Gasteiger partial charge in [-0.05, 0) is 6.07 Å². The van der Waals surface area contributed by atoms with Gasteiger partial charge in [0.15, 0.2) is 6.29 Å². The fourth-order valence-electron chi connectivity index (χ4n) is 1.27. The van der Waals surface area contributed by atoms with Crippen LogP contribution in [0.15, 0.2) is 23.2 Å². The number of aliphatic imine (C=N–C) groups is 1. The summed E-state index contributed by atoms with van der Waals surface area (Å²) < 4.78 is 22.9. The van der Waals surface area contributed by atoms with Crippen LogP contribution in [0.5, 0.6) is 0 Å². The highest BCUT2D eigenvalue weighted by atomic mass is 19.1. The Balaban J connectivity index is 2.78. The standard InChI is InChI=1S/C11H13FN2O4/c1-17-11(18-2)7-13-6-8-3-9(12)5-10(4-8)14(15)16/h3-6,11H,7H2,1-2H3/b13-6+. The number of nitrogens with zero attached hydrogens (tertiary/aromatic N) is 2. The van der Waals surface area contributed by atoms with Gasteiger partial charge in [0, 0.05) is 32.1 Å². The number of benzene rings is 1. The van der Waals surface area contributed by atoms with Crippen LogP contribution in [-0.4, -0.2) is 38.2 Å². The molecule has 0 aliphatic heterocycles. The Morgan fingerprint density at radius 2 is 2.11 bits per heavy atom. The van der Waals surface area contributed by atoms with E-state index >= 15 is 0 Å². The maximum atomic E-state index is 13.1. The number of ether oxygens (including phenoxy) is 2. The third-order valence-electron chi connectivity index (χ3n) is 2.14. The molecular weight excluding hydrogens is 243 g/mol. The molecule has 0 amide bonds. The average Bonchev–Trinajstić information content (AvgIpc) is 2.34. The number of rotatable bonds is 6. The molecule has 0 spiro atoms. The Bertz CT molecular complexity index is 447. The van der Waals surface area contributed by atoms with Gasteiger partial charge in [-0.1, -0.05) is 0 Å². The molecule has 0 bridgehead atoms. The number of methoxy groups -OCH3 is 2. The van der Waals surface area contributed by atoms with Crippen LogP contribution in [0, 0.1) is 15.9 Å². The molecule has 0 N–H and O–H groups in total. The van der Waals surface area contributed by atoms with Crippen molar-refractivity contribution in [1.29, 1.82) is 0 Å². The number of hydrogen-bond donors (Lipinski definition) is 0. The van der Waals surface area contributed by atoms with E-state index in [9.17, 15) is 14.5 Å². The van der Waals surface area contributed by atoms with Crippen LogP contribution < -0.4 is 0 Å². The molecule has 0 radical (unpaired) electrons. The number of hydrogen-bond acceptors (Lipinski definition) is 5. The number of halogens is 1. The van der Waals surface area contributed by atoms with Gasteiger partial charge in [-0.3, -0.25) is 15.1 Å². The summed E-state index contributed by atoms with van der Waals surface area (Å²) in [5, 5.41) is 10.5. The normalized spacial score (nSPS) is 11.3. The smallest absolute Gasteiger partial charge is 0.273 e. The molecule has 0 aliphatic rings. The molecular formula is C11H13FN2O4. The second-order valence-electron chi connectivity index (χ2n) is 3.40. The summed E-state index contributed by atoms with van der Waals surface area (Å²) in [7, 11) is 2.94. The van der Waals surface area contributed by atoms with Gasteiger partial charge in [0.25, 0.3) is 5.69 Å². The summed E-state index contributed by atoms with van der Waals surface area (Å²) in [6.45, 7) is 0.220. The van der Waals surface area contributed by atoms with Gasteiger partial charge < -0.3 is 9.47 Å². The highest BCUT2D eigenvalue weighted by Crippen LogP contribution is 2.15. The molecule has 0 fully saturated rings. The largest absolute Gasteiger partial charge is 0.354 e. The average molecular weight is 256 g/mol. The first-order chi connectivity index (χ1) is 8.56. The fourth-order valence-corrected chi connectivity index (χ4v) is 1.27. The lowest BCUT2D eigenvalue weighted by Crippen LogP contribution is -2.16. The molecule has 18 heavy (non-hydrogen) atoms. The van der Waals surface area contributed by atoms with E-state index in [-0.39, 0.29) is 12.2 Å². The highest BCUT2D eigenvalue weighted by molar-refractivity contribution is 5.80. The maximum Gasteiger partial charge on any atom is 0.273 e. The van der Waals surface area contributed by atoms with E-state index in [1.165, 1.54) is 26.5 Å². The van der Waals surface area contributed by atoms with E-state index in [1.807, 2.05) is 0 Å². The summed E-state index contributed by atoms with van der Waals surface area (Å²) in [6.07, 6.45) is 0.839. The summed E-state index contributed by atoms with van der Waals surface area (Å²) >= 11 is 0. The van der Waals surface area contributed by atoms with Crippen LogP contribution in [0.3, 0.4) is 0 Å². The van der Waals surface area contributed by atoms with Gasteiger partial charge in [0.05, 0.1) is 17.5 Å². The number of non-ortho nitro benzene ring substituents is 1. The van der Waals surface area contributed by atoms with Gasteiger partial charge in [-0.25, -0.2) is 4.39 Å². The monoisotopic (exact) mass is 256 g/mol. The van der Waals surface area contributed by atoms with Crippen LogP contribution in [-0.2, 0) is 9.47 Å². The Morgan fingerprint density at radius 1 is 1.44 bits per heavy atom. The molecule has 7 heteroatoms. The van der Waals surface area contributed by atoms with Crippen LogP contribution in [0.25, 0.3) is 0 Å². The molecule has 1 rings (SSSR count). The van der Waals surface area contributed by atoms with E-state index in [0.717, 1.165) is 12.1 Å². The minimum atomic E-state index is -0.680.